The van der Waals surface area contributed by atoms with Gasteiger partial charge in [-0.15, -0.1) is 0 Å². The maximum Gasteiger partial charge on any atom is 0.271 e. The highest BCUT2D eigenvalue weighted by Gasteiger charge is 2.41. The number of amidine groups is 1. The minimum absolute atomic E-state index is 0.241. The monoisotopic (exact) mass is 302 g/mol. The van der Waals surface area contributed by atoms with Crippen LogP contribution < -0.4 is 11.5 Å². The molecule has 0 fully saturated rings. The summed E-state index contributed by atoms with van der Waals surface area (Å²) in [5, 5.41) is 0. The highest BCUT2D eigenvalue weighted by atomic mass is 19.3. The van der Waals surface area contributed by atoms with Crippen LogP contribution in [0.25, 0.3) is 0 Å². The van der Waals surface area contributed by atoms with E-state index in [0.717, 1.165) is 6.07 Å². The zero-order valence-electron chi connectivity index (χ0n) is 11.0. The van der Waals surface area contributed by atoms with Crippen molar-refractivity contribution >= 4 is 11.7 Å². The Balaban J connectivity index is 2.47. The van der Waals surface area contributed by atoms with Crippen LogP contribution in [0.5, 0.6) is 0 Å². The number of hydrogen-bond acceptors (Lipinski definition) is 5. The molecule has 2 heterocycles. The van der Waals surface area contributed by atoms with Crippen LogP contribution in [0.1, 0.15) is 23.0 Å². The van der Waals surface area contributed by atoms with Crippen LogP contribution in [0.15, 0.2) is 17.3 Å². The number of aliphatic imine (C=N–C) groups is 1. The summed E-state index contributed by atoms with van der Waals surface area (Å²) in [7, 11) is 0. The molecule has 2 atom stereocenters. The highest BCUT2D eigenvalue weighted by Crippen LogP contribution is 2.31. The van der Waals surface area contributed by atoms with E-state index in [1.807, 2.05) is 0 Å². The molecule has 6 nitrogen and oxygen atoms in total. The molecule has 1 aliphatic heterocycles. The summed E-state index contributed by atoms with van der Waals surface area (Å²) >= 11 is 0. The number of primary amides is 1. The van der Waals surface area contributed by atoms with Crippen molar-refractivity contribution in [3.63, 3.8) is 0 Å². The van der Waals surface area contributed by atoms with E-state index in [0.29, 0.717) is 0 Å². The van der Waals surface area contributed by atoms with Crippen LogP contribution in [0, 0.1) is 5.82 Å². The van der Waals surface area contributed by atoms with Crippen LogP contribution in [0.3, 0.4) is 0 Å². The minimum atomic E-state index is -2.84. The molecule has 1 aromatic rings. The van der Waals surface area contributed by atoms with Gasteiger partial charge in [-0.1, -0.05) is 0 Å². The summed E-state index contributed by atoms with van der Waals surface area (Å²) in [5.74, 6) is -2.40. The number of rotatable bonds is 3. The number of ether oxygens (including phenoxy) is 1. The molecule has 0 saturated heterocycles. The van der Waals surface area contributed by atoms with Crippen molar-refractivity contribution in [2.24, 2.45) is 16.5 Å². The molecule has 1 amide bonds. The summed E-state index contributed by atoms with van der Waals surface area (Å²) in [6.07, 6.45) is -3.30. The van der Waals surface area contributed by atoms with Gasteiger partial charge in [-0.05, 0) is 13.0 Å². The Morgan fingerprint density at radius 1 is 1.57 bits per heavy atom. The molecule has 0 saturated carbocycles. The summed E-state index contributed by atoms with van der Waals surface area (Å²) in [6.45, 7) is 1.06. The van der Waals surface area contributed by atoms with Crippen LogP contribution in [0.2, 0.25) is 0 Å². The van der Waals surface area contributed by atoms with Crippen molar-refractivity contribution in [3.8, 4) is 0 Å². The first-order valence-electron chi connectivity index (χ1n) is 5.96. The van der Waals surface area contributed by atoms with Gasteiger partial charge < -0.3 is 16.2 Å². The molecule has 21 heavy (non-hydrogen) atoms. The third-order valence-corrected chi connectivity index (χ3v) is 3.10. The molecule has 0 spiro atoms. The maximum atomic E-state index is 14.3. The lowest BCUT2D eigenvalue weighted by Gasteiger charge is -2.33. The Hall–Kier alpha value is -2.16. The van der Waals surface area contributed by atoms with Crippen molar-refractivity contribution in [3.05, 3.63) is 29.3 Å². The van der Waals surface area contributed by atoms with E-state index in [4.69, 9.17) is 16.2 Å². The van der Waals surface area contributed by atoms with Gasteiger partial charge in [0.2, 0.25) is 0 Å². The topological polar surface area (TPSA) is 104 Å². The van der Waals surface area contributed by atoms with E-state index in [1.165, 1.54) is 13.1 Å². The fraction of sp³-hybridized carbons (Fsp3) is 0.417. The molecule has 0 radical (unpaired) electrons. The van der Waals surface area contributed by atoms with Crippen LogP contribution in [0.4, 0.5) is 13.2 Å². The van der Waals surface area contributed by atoms with E-state index < -0.39 is 35.6 Å². The number of nitrogens with two attached hydrogens (primary N) is 2. The van der Waals surface area contributed by atoms with Gasteiger partial charge in [0.1, 0.15) is 17.1 Å². The molecule has 0 aromatic carbocycles. The molecule has 0 aliphatic carbocycles. The van der Waals surface area contributed by atoms with Gasteiger partial charge in [-0.25, -0.2) is 13.2 Å². The molecule has 1 aromatic heterocycles. The predicted octanol–water partition coefficient (Wildman–Crippen LogP) is 0.556. The van der Waals surface area contributed by atoms with Crippen molar-refractivity contribution in [2.75, 3.05) is 6.61 Å². The van der Waals surface area contributed by atoms with Crippen molar-refractivity contribution < 1.29 is 22.7 Å². The SMILES string of the molecule is CC1(c2nccc(C(N)=O)c2F)CO[C@@H](C(F)F)C(N)=N1. The lowest BCUT2D eigenvalue weighted by molar-refractivity contribution is -0.0441. The van der Waals surface area contributed by atoms with Gasteiger partial charge in [-0.3, -0.25) is 14.8 Å². The number of nitrogens with zero attached hydrogens (tertiary/aromatic N) is 2. The molecule has 0 bridgehead atoms. The molecule has 1 unspecified atom stereocenters. The lowest BCUT2D eigenvalue weighted by atomic mass is 9.95. The summed E-state index contributed by atoms with van der Waals surface area (Å²) in [5.41, 5.74) is 8.47. The lowest BCUT2D eigenvalue weighted by Crippen LogP contribution is -2.47. The van der Waals surface area contributed by atoms with Gasteiger partial charge in [-0.2, -0.15) is 0 Å². The molecular weight excluding hydrogens is 289 g/mol. The Kier molecular flexibility index (Phi) is 3.86. The summed E-state index contributed by atoms with van der Waals surface area (Å²) in [4.78, 5) is 18.8. The zero-order valence-corrected chi connectivity index (χ0v) is 11.0. The smallest absolute Gasteiger partial charge is 0.271 e. The van der Waals surface area contributed by atoms with Crippen molar-refractivity contribution in [2.45, 2.75) is 25.0 Å². The van der Waals surface area contributed by atoms with E-state index in [9.17, 15) is 18.0 Å². The quantitative estimate of drug-likeness (QED) is 0.851. The largest absolute Gasteiger partial charge is 0.385 e. The third kappa shape index (κ3) is 2.68. The first-order chi connectivity index (χ1) is 9.76. The highest BCUT2D eigenvalue weighted by molar-refractivity contribution is 5.93. The molecule has 114 valence electrons. The Morgan fingerprint density at radius 3 is 2.76 bits per heavy atom. The third-order valence-electron chi connectivity index (χ3n) is 3.10. The van der Waals surface area contributed by atoms with Gasteiger partial charge in [0.05, 0.1) is 12.2 Å². The number of carbonyl (C=O) groups is 1. The molecule has 9 heteroatoms. The average Bonchev–Trinajstić information content (AvgIpc) is 2.37. The Labute approximate surface area is 118 Å². The fourth-order valence-electron chi connectivity index (χ4n) is 2.05. The second-order valence-corrected chi connectivity index (χ2v) is 4.76. The van der Waals surface area contributed by atoms with Gasteiger partial charge in [0.15, 0.2) is 11.9 Å². The molecular formula is C12H13F3N4O2. The Bertz CT molecular complexity index is 608. The fourth-order valence-corrected chi connectivity index (χ4v) is 2.05. The molecule has 4 N–H and O–H groups in total. The number of pyridine rings is 1. The second kappa shape index (κ2) is 5.32. The van der Waals surface area contributed by atoms with E-state index in [2.05, 4.69) is 9.98 Å². The number of carbonyl (C=O) groups excluding carboxylic acids is 1. The molecule has 2 rings (SSSR count). The number of halogens is 3. The standard InChI is InChI=1S/C12H13F3N4O2/c1-12(4-21-7(9(14)15)10(16)19-12)8-6(13)5(11(17)20)2-3-18-8/h2-3,7,9H,4H2,1H3,(H2,16,19)(H2,17,20)/t7-,12?/m0/s1. The molecule has 1 aliphatic rings. The van der Waals surface area contributed by atoms with Crippen LogP contribution in [-0.2, 0) is 10.3 Å². The number of aromatic nitrogens is 1. The first kappa shape index (κ1) is 15.2. The summed E-state index contributed by atoms with van der Waals surface area (Å²) < 4.78 is 44.5. The normalized spacial score (nSPS) is 25.8. The predicted molar refractivity (Wildman–Crippen MR) is 67.4 cm³/mol. The van der Waals surface area contributed by atoms with E-state index in [-0.39, 0.29) is 17.9 Å². The van der Waals surface area contributed by atoms with Crippen LogP contribution >= 0.6 is 0 Å². The average molecular weight is 302 g/mol. The number of alkyl halides is 2. The van der Waals surface area contributed by atoms with Gasteiger partial charge in [0.25, 0.3) is 12.3 Å². The van der Waals surface area contributed by atoms with Gasteiger partial charge in [0, 0.05) is 6.20 Å². The number of hydrogen-bond donors (Lipinski definition) is 2. The maximum absolute atomic E-state index is 14.3. The summed E-state index contributed by atoms with van der Waals surface area (Å²) in [6, 6.07) is 1.11. The van der Waals surface area contributed by atoms with E-state index >= 15 is 0 Å². The second-order valence-electron chi connectivity index (χ2n) is 4.76. The van der Waals surface area contributed by atoms with Gasteiger partial charge >= 0.3 is 0 Å². The van der Waals surface area contributed by atoms with E-state index in [1.54, 1.807) is 0 Å². The Morgan fingerprint density at radius 2 is 2.24 bits per heavy atom. The van der Waals surface area contributed by atoms with Crippen LogP contribution in [-0.4, -0.2) is 35.9 Å². The van der Waals surface area contributed by atoms with Crippen molar-refractivity contribution in [1.82, 2.24) is 4.98 Å². The van der Waals surface area contributed by atoms with Crippen molar-refractivity contribution in [1.29, 1.82) is 0 Å². The number of amides is 1. The minimum Gasteiger partial charge on any atom is -0.385 e. The zero-order chi connectivity index (χ0) is 15.8. The first-order valence-corrected chi connectivity index (χ1v) is 5.96.